The van der Waals surface area contributed by atoms with Gasteiger partial charge in [0.05, 0.1) is 17.6 Å². The molecular weight excluding hydrogens is 152 g/mol. The van der Waals surface area contributed by atoms with Gasteiger partial charge in [0, 0.05) is 18.8 Å². The first-order valence-corrected chi connectivity index (χ1v) is 3.90. The molecule has 0 aliphatic rings. The molecule has 1 radical (unpaired) electrons. The van der Waals surface area contributed by atoms with Crippen LogP contribution in [-0.2, 0) is 11.5 Å². The molecule has 2 rings (SSSR count). The van der Waals surface area contributed by atoms with Gasteiger partial charge < -0.3 is 4.98 Å². The molecule has 3 nitrogen and oxygen atoms in total. The van der Waals surface area contributed by atoms with Crippen LogP contribution < -0.4 is 0 Å². The van der Waals surface area contributed by atoms with E-state index < -0.39 is 0 Å². The molecule has 0 aliphatic heterocycles. The molecule has 2 aromatic rings. The summed E-state index contributed by atoms with van der Waals surface area (Å²) in [6.07, 6.45) is 4.16. The van der Waals surface area contributed by atoms with Crippen molar-refractivity contribution in [2.45, 2.75) is 6.42 Å². The summed E-state index contributed by atoms with van der Waals surface area (Å²) in [5.41, 5.74) is 2.95. The number of H-pyrrole nitrogens is 1. The summed E-state index contributed by atoms with van der Waals surface area (Å²) in [6, 6.07) is 3.89. The lowest BCUT2D eigenvalue weighted by Gasteiger charge is -1.95. The Labute approximate surface area is 70.1 Å². The van der Waals surface area contributed by atoms with Crippen LogP contribution in [0.25, 0.3) is 11.0 Å². The van der Waals surface area contributed by atoms with E-state index in [2.05, 4.69) is 9.97 Å². The van der Waals surface area contributed by atoms with Gasteiger partial charge in [-0.25, -0.2) is 5.11 Å². The molecule has 0 atom stereocenters. The zero-order chi connectivity index (χ0) is 8.39. The highest BCUT2D eigenvalue weighted by molar-refractivity contribution is 5.74. The summed E-state index contributed by atoms with van der Waals surface area (Å²) in [4.78, 5) is 7.24. The maximum atomic E-state index is 10.3. The highest BCUT2D eigenvalue weighted by Crippen LogP contribution is 2.10. The molecule has 2 aromatic heterocycles. The van der Waals surface area contributed by atoms with E-state index in [-0.39, 0.29) is 6.61 Å². The fourth-order valence-corrected chi connectivity index (χ4v) is 1.23. The van der Waals surface area contributed by atoms with Gasteiger partial charge in [-0.05, 0) is 17.7 Å². The van der Waals surface area contributed by atoms with Crippen LogP contribution in [0.5, 0.6) is 0 Å². The summed E-state index contributed by atoms with van der Waals surface area (Å²) >= 11 is 0. The van der Waals surface area contributed by atoms with E-state index in [1.54, 1.807) is 6.20 Å². The first-order valence-electron chi connectivity index (χ1n) is 3.90. The Hall–Kier alpha value is -1.35. The zero-order valence-corrected chi connectivity index (χ0v) is 6.58. The van der Waals surface area contributed by atoms with Crippen LogP contribution in [0.2, 0.25) is 0 Å². The van der Waals surface area contributed by atoms with Crippen molar-refractivity contribution in [3.8, 4) is 0 Å². The smallest absolute Gasteiger partial charge is 0.0878 e. The largest absolute Gasteiger partial charge is 0.360 e. The third kappa shape index (κ3) is 1.19. The number of hydrogen-bond donors (Lipinski definition) is 1. The number of pyridine rings is 1. The van der Waals surface area contributed by atoms with Crippen LogP contribution in [0.3, 0.4) is 0 Å². The van der Waals surface area contributed by atoms with Gasteiger partial charge in [0.25, 0.3) is 0 Å². The standard InChI is InChI=1S/C9H9N2O/c12-4-2-7-5-9-8(11-6-7)1-3-10-9/h1,3,5-6,10H,2,4H2. The Balaban J connectivity index is 2.46. The summed E-state index contributed by atoms with van der Waals surface area (Å²) in [6.45, 7) is -0.0755. The molecule has 0 spiro atoms. The van der Waals surface area contributed by atoms with E-state index in [9.17, 15) is 5.11 Å². The highest BCUT2D eigenvalue weighted by Gasteiger charge is 1.97. The van der Waals surface area contributed by atoms with Gasteiger partial charge in [-0.15, -0.1) is 0 Å². The molecule has 1 N–H and O–H groups in total. The van der Waals surface area contributed by atoms with Crippen LogP contribution >= 0.6 is 0 Å². The van der Waals surface area contributed by atoms with Gasteiger partial charge in [0.1, 0.15) is 0 Å². The summed E-state index contributed by atoms with van der Waals surface area (Å²) < 4.78 is 0. The lowest BCUT2D eigenvalue weighted by molar-refractivity contribution is 0.197. The highest BCUT2D eigenvalue weighted by atomic mass is 16.2. The zero-order valence-electron chi connectivity index (χ0n) is 6.58. The first kappa shape index (κ1) is 7.31. The molecule has 2 heterocycles. The fourth-order valence-electron chi connectivity index (χ4n) is 1.23. The molecule has 12 heavy (non-hydrogen) atoms. The van der Waals surface area contributed by atoms with Crippen molar-refractivity contribution < 1.29 is 5.11 Å². The van der Waals surface area contributed by atoms with Crippen LogP contribution in [0.1, 0.15) is 5.56 Å². The number of nitrogens with zero attached hydrogens (tertiary/aromatic N) is 1. The molecule has 0 unspecified atom stereocenters. The summed E-state index contributed by atoms with van der Waals surface area (Å²) in [7, 11) is 0. The van der Waals surface area contributed by atoms with Crippen molar-refractivity contribution in [1.29, 1.82) is 0 Å². The molecule has 0 bridgehead atoms. The Bertz CT molecular complexity index is 381. The number of aromatic amines is 1. The predicted octanol–water partition coefficient (Wildman–Crippen LogP) is 1.54. The normalized spacial score (nSPS) is 10.8. The van der Waals surface area contributed by atoms with Crippen molar-refractivity contribution in [1.82, 2.24) is 9.97 Å². The third-order valence-electron chi connectivity index (χ3n) is 1.85. The SMILES string of the molecule is [O]CCc1cnc2cc[nH]c2c1. The Morgan fingerprint density at radius 1 is 1.50 bits per heavy atom. The number of nitrogens with one attached hydrogen (secondary N) is 1. The minimum atomic E-state index is -0.0755. The quantitative estimate of drug-likeness (QED) is 0.713. The van der Waals surface area contributed by atoms with Gasteiger partial charge in [-0.2, -0.15) is 0 Å². The molecule has 3 heteroatoms. The van der Waals surface area contributed by atoms with Crippen LogP contribution in [0.4, 0.5) is 0 Å². The molecule has 0 saturated heterocycles. The third-order valence-corrected chi connectivity index (χ3v) is 1.85. The van der Waals surface area contributed by atoms with Crippen LogP contribution in [0, 0.1) is 0 Å². The monoisotopic (exact) mass is 161 g/mol. The van der Waals surface area contributed by atoms with Crippen molar-refractivity contribution in [3.05, 3.63) is 30.1 Å². The topological polar surface area (TPSA) is 48.6 Å². The molecule has 0 fully saturated rings. The van der Waals surface area contributed by atoms with Crippen molar-refractivity contribution in [2.75, 3.05) is 6.61 Å². The van der Waals surface area contributed by atoms with Gasteiger partial charge >= 0.3 is 0 Å². The lowest BCUT2D eigenvalue weighted by atomic mass is 10.2. The predicted molar refractivity (Wildman–Crippen MR) is 45.4 cm³/mol. The molecule has 0 aromatic carbocycles. The van der Waals surface area contributed by atoms with Crippen LogP contribution in [0.15, 0.2) is 24.5 Å². The number of aromatic nitrogens is 2. The van der Waals surface area contributed by atoms with Crippen molar-refractivity contribution in [3.63, 3.8) is 0 Å². The Kier molecular flexibility index (Phi) is 1.80. The molecule has 0 aliphatic carbocycles. The second kappa shape index (κ2) is 2.95. The van der Waals surface area contributed by atoms with E-state index >= 15 is 0 Å². The van der Waals surface area contributed by atoms with E-state index in [1.807, 2.05) is 18.3 Å². The van der Waals surface area contributed by atoms with Gasteiger partial charge in [0.2, 0.25) is 0 Å². The van der Waals surface area contributed by atoms with Gasteiger partial charge in [-0.3, -0.25) is 4.98 Å². The Morgan fingerprint density at radius 3 is 3.25 bits per heavy atom. The second-order valence-electron chi connectivity index (χ2n) is 2.71. The van der Waals surface area contributed by atoms with E-state index in [1.165, 1.54) is 0 Å². The van der Waals surface area contributed by atoms with Gasteiger partial charge in [-0.1, -0.05) is 0 Å². The van der Waals surface area contributed by atoms with Gasteiger partial charge in [0.15, 0.2) is 0 Å². The average Bonchev–Trinajstić information content (AvgIpc) is 2.51. The van der Waals surface area contributed by atoms with Crippen molar-refractivity contribution >= 4 is 11.0 Å². The molecular formula is C9H9N2O. The average molecular weight is 161 g/mol. The minimum absolute atomic E-state index is 0.0755. The first-order chi connectivity index (χ1) is 5.90. The summed E-state index contributed by atoms with van der Waals surface area (Å²) in [5.74, 6) is 0. The molecule has 0 amide bonds. The number of rotatable bonds is 2. The number of fused-ring (bicyclic) bond motifs is 1. The molecule has 61 valence electrons. The fraction of sp³-hybridized carbons (Fsp3) is 0.222. The summed E-state index contributed by atoms with van der Waals surface area (Å²) in [5, 5.41) is 10.3. The minimum Gasteiger partial charge on any atom is -0.360 e. The lowest BCUT2D eigenvalue weighted by Crippen LogP contribution is -1.89. The maximum Gasteiger partial charge on any atom is 0.0878 e. The maximum absolute atomic E-state index is 10.3. The van der Waals surface area contributed by atoms with E-state index in [0.29, 0.717) is 6.42 Å². The van der Waals surface area contributed by atoms with Crippen molar-refractivity contribution in [2.24, 2.45) is 0 Å². The molecule has 0 saturated carbocycles. The van der Waals surface area contributed by atoms with E-state index in [0.717, 1.165) is 16.6 Å². The Morgan fingerprint density at radius 2 is 2.42 bits per heavy atom. The number of hydrogen-bond acceptors (Lipinski definition) is 1. The van der Waals surface area contributed by atoms with E-state index in [4.69, 9.17) is 0 Å². The second-order valence-corrected chi connectivity index (χ2v) is 2.71. The van der Waals surface area contributed by atoms with Crippen LogP contribution in [-0.4, -0.2) is 16.6 Å².